The molecule has 1 atom stereocenters. The van der Waals surface area contributed by atoms with Crippen molar-refractivity contribution in [2.75, 3.05) is 0 Å². The molecule has 13 heavy (non-hydrogen) atoms. The van der Waals surface area contributed by atoms with E-state index in [0.717, 1.165) is 12.8 Å². The van der Waals surface area contributed by atoms with Crippen LogP contribution in [0.5, 0.6) is 0 Å². The molecular formula is C11H16O2. The van der Waals surface area contributed by atoms with Gasteiger partial charge >= 0.3 is 5.97 Å². The second kappa shape index (κ2) is 3.77. The molecule has 0 amide bonds. The van der Waals surface area contributed by atoms with Crippen LogP contribution in [-0.2, 0) is 4.79 Å². The van der Waals surface area contributed by atoms with Crippen LogP contribution in [0, 0.1) is 5.41 Å². The second-order valence-electron chi connectivity index (χ2n) is 3.89. The van der Waals surface area contributed by atoms with E-state index in [-0.39, 0.29) is 11.8 Å². The SMILES string of the molecule is CCC1=CCC(C)(CC(=O)O)C=C1. The first-order valence-electron chi connectivity index (χ1n) is 4.66. The Balaban J connectivity index is 2.63. The summed E-state index contributed by atoms with van der Waals surface area (Å²) in [5.41, 5.74) is 1.13. The lowest BCUT2D eigenvalue weighted by Crippen LogP contribution is -2.19. The summed E-state index contributed by atoms with van der Waals surface area (Å²) < 4.78 is 0. The van der Waals surface area contributed by atoms with E-state index in [4.69, 9.17) is 5.11 Å². The summed E-state index contributed by atoms with van der Waals surface area (Å²) in [5.74, 6) is -0.722. The molecule has 1 rings (SSSR count). The first-order valence-corrected chi connectivity index (χ1v) is 4.66. The zero-order valence-electron chi connectivity index (χ0n) is 8.21. The van der Waals surface area contributed by atoms with E-state index in [2.05, 4.69) is 13.0 Å². The maximum Gasteiger partial charge on any atom is 0.304 e. The molecular weight excluding hydrogens is 164 g/mol. The zero-order chi connectivity index (χ0) is 9.90. The van der Waals surface area contributed by atoms with Gasteiger partial charge in [0.05, 0.1) is 6.42 Å². The van der Waals surface area contributed by atoms with Crippen LogP contribution in [0.4, 0.5) is 0 Å². The van der Waals surface area contributed by atoms with Gasteiger partial charge in [0.25, 0.3) is 0 Å². The van der Waals surface area contributed by atoms with Gasteiger partial charge in [-0.15, -0.1) is 0 Å². The van der Waals surface area contributed by atoms with E-state index in [0.29, 0.717) is 0 Å². The summed E-state index contributed by atoms with van der Waals surface area (Å²) in [7, 11) is 0. The van der Waals surface area contributed by atoms with Crippen molar-refractivity contribution >= 4 is 5.97 Å². The third-order valence-electron chi connectivity index (χ3n) is 2.49. The number of hydrogen-bond donors (Lipinski definition) is 1. The highest BCUT2D eigenvalue weighted by molar-refractivity contribution is 5.68. The standard InChI is InChI=1S/C11H16O2/c1-3-9-4-6-11(2,7-5-9)8-10(12)13/h4-6H,3,7-8H2,1-2H3,(H,12,13). The van der Waals surface area contributed by atoms with Crippen molar-refractivity contribution in [1.82, 2.24) is 0 Å². The maximum atomic E-state index is 10.6. The Hall–Kier alpha value is -1.05. The van der Waals surface area contributed by atoms with Gasteiger partial charge < -0.3 is 5.11 Å². The van der Waals surface area contributed by atoms with Gasteiger partial charge in [-0.05, 0) is 18.3 Å². The largest absolute Gasteiger partial charge is 0.481 e. The average molecular weight is 180 g/mol. The fourth-order valence-electron chi connectivity index (χ4n) is 1.55. The van der Waals surface area contributed by atoms with Crippen LogP contribution in [0.15, 0.2) is 23.8 Å². The zero-order valence-corrected chi connectivity index (χ0v) is 8.21. The highest BCUT2D eigenvalue weighted by Gasteiger charge is 2.25. The molecule has 1 unspecified atom stereocenters. The van der Waals surface area contributed by atoms with Crippen LogP contribution in [0.25, 0.3) is 0 Å². The average Bonchev–Trinajstić information content (AvgIpc) is 2.04. The fourth-order valence-corrected chi connectivity index (χ4v) is 1.55. The van der Waals surface area contributed by atoms with Crippen LogP contribution < -0.4 is 0 Å². The number of carbonyl (C=O) groups is 1. The molecule has 0 saturated heterocycles. The molecule has 0 radical (unpaired) electrons. The van der Waals surface area contributed by atoms with E-state index < -0.39 is 5.97 Å². The minimum absolute atomic E-state index is 0.176. The summed E-state index contributed by atoms with van der Waals surface area (Å²) in [6.45, 7) is 4.09. The Bertz CT molecular complexity index is 263. The van der Waals surface area contributed by atoms with Gasteiger partial charge in [-0.1, -0.05) is 37.6 Å². The fraction of sp³-hybridized carbons (Fsp3) is 0.545. The maximum absolute atomic E-state index is 10.6. The van der Waals surface area contributed by atoms with Crippen LogP contribution in [0.1, 0.15) is 33.1 Å². The van der Waals surface area contributed by atoms with Gasteiger partial charge in [0, 0.05) is 0 Å². The number of carboxylic acids is 1. The highest BCUT2D eigenvalue weighted by atomic mass is 16.4. The van der Waals surface area contributed by atoms with E-state index in [9.17, 15) is 4.79 Å². The molecule has 0 aromatic heterocycles. The Morgan fingerprint density at radius 1 is 1.69 bits per heavy atom. The van der Waals surface area contributed by atoms with Crippen molar-refractivity contribution in [3.8, 4) is 0 Å². The van der Waals surface area contributed by atoms with E-state index in [1.807, 2.05) is 19.1 Å². The van der Waals surface area contributed by atoms with E-state index in [1.165, 1.54) is 5.57 Å². The molecule has 1 aliphatic carbocycles. The van der Waals surface area contributed by atoms with Crippen LogP contribution in [0.2, 0.25) is 0 Å². The second-order valence-corrected chi connectivity index (χ2v) is 3.89. The summed E-state index contributed by atoms with van der Waals surface area (Å²) >= 11 is 0. The van der Waals surface area contributed by atoms with Gasteiger partial charge in [-0.25, -0.2) is 0 Å². The van der Waals surface area contributed by atoms with Crippen LogP contribution in [0.3, 0.4) is 0 Å². The first kappa shape index (κ1) is 10.0. The number of rotatable bonds is 3. The highest BCUT2D eigenvalue weighted by Crippen LogP contribution is 2.33. The van der Waals surface area contributed by atoms with Crippen molar-refractivity contribution < 1.29 is 9.90 Å². The Morgan fingerprint density at radius 3 is 2.77 bits per heavy atom. The number of aliphatic carboxylic acids is 1. The van der Waals surface area contributed by atoms with Crippen molar-refractivity contribution in [3.05, 3.63) is 23.8 Å². The first-order chi connectivity index (χ1) is 6.06. The van der Waals surface area contributed by atoms with E-state index in [1.54, 1.807) is 0 Å². The molecule has 1 aliphatic rings. The minimum atomic E-state index is -0.722. The lowest BCUT2D eigenvalue weighted by Gasteiger charge is -2.25. The summed E-state index contributed by atoms with van der Waals surface area (Å²) in [5, 5.41) is 8.70. The van der Waals surface area contributed by atoms with Crippen molar-refractivity contribution in [2.24, 2.45) is 5.41 Å². The molecule has 0 spiro atoms. The van der Waals surface area contributed by atoms with Gasteiger partial charge in [0.2, 0.25) is 0 Å². The molecule has 0 saturated carbocycles. The monoisotopic (exact) mass is 180 g/mol. The van der Waals surface area contributed by atoms with Gasteiger partial charge in [-0.3, -0.25) is 4.79 Å². The van der Waals surface area contributed by atoms with Crippen molar-refractivity contribution in [2.45, 2.75) is 33.1 Å². The normalized spacial score (nSPS) is 27.1. The molecule has 0 fully saturated rings. The van der Waals surface area contributed by atoms with Crippen LogP contribution >= 0.6 is 0 Å². The van der Waals surface area contributed by atoms with Gasteiger partial charge in [-0.2, -0.15) is 0 Å². The predicted octanol–water partition coefficient (Wildman–Crippen LogP) is 2.76. The van der Waals surface area contributed by atoms with Crippen molar-refractivity contribution in [3.63, 3.8) is 0 Å². The molecule has 72 valence electrons. The third-order valence-corrected chi connectivity index (χ3v) is 2.49. The Morgan fingerprint density at radius 2 is 2.38 bits per heavy atom. The number of hydrogen-bond acceptors (Lipinski definition) is 1. The molecule has 0 bridgehead atoms. The molecule has 2 heteroatoms. The Kier molecular flexibility index (Phi) is 2.91. The van der Waals surface area contributed by atoms with E-state index >= 15 is 0 Å². The molecule has 0 aromatic rings. The van der Waals surface area contributed by atoms with Crippen LogP contribution in [-0.4, -0.2) is 11.1 Å². The molecule has 1 N–H and O–H groups in total. The summed E-state index contributed by atoms with van der Waals surface area (Å²) in [6, 6.07) is 0. The number of allylic oxidation sites excluding steroid dienone is 4. The number of carboxylic acid groups (broad SMARTS) is 1. The molecule has 2 nitrogen and oxygen atoms in total. The smallest absolute Gasteiger partial charge is 0.304 e. The molecule has 0 heterocycles. The van der Waals surface area contributed by atoms with Gasteiger partial charge in [0.15, 0.2) is 0 Å². The molecule has 0 aliphatic heterocycles. The quantitative estimate of drug-likeness (QED) is 0.725. The minimum Gasteiger partial charge on any atom is -0.481 e. The molecule has 0 aromatic carbocycles. The summed E-state index contributed by atoms with van der Waals surface area (Å²) in [4.78, 5) is 10.6. The predicted molar refractivity (Wildman–Crippen MR) is 52.5 cm³/mol. The lowest BCUT2D eigenvalue weighted by molar-refractivity contribution is -0.138. The third kappa shape index (κ3) is 2.72. The van der Waals surface area contributed by atoms with Gasteiger partial charge in [0.1, 0.15) is 0 Å². The lowest BCUT2D eigenvalue weighted by atomic mass is 9.79. The Labute approximate surface area is 79.0 Å². The summed E-state index contributed by atoms with van der Waals surface area (Å²) in [6.07, 6.45) is 8.31. The topological polar surface area (TPSA) is 37.3 Å². The van der Waals surface area contributed by atoms with Crippen molar-refractivity contribution in [1.29, 1.82) is 0 Å².